The van der Waals surface area contributed by atoms with Crippen molar-refractivity contribution >= 4 is 11.7 Å². The van der Waals surface area contributed by atoms with Crippen LogP contribution in [0, 0.1) is 22.9 Å². The number of ether oxygens (including phenoxy) is 1. The van der Waals surface area contributed by atoms with Crippen molar-refractivity contribution in [3.63, 3.8) is 0 Å². The van der Waals surface area contributed by atoms with Crippen molar-refractivity contribution in [2.45, 2.75) is 20.3 Å². The van der Waals surface area contributed by atoms with E-state index < -0.39 is 10.9 Å². The number of halogens is 1. The lowest BCUT2D eigenvalue weighted by Crippen LogP contribution is -2.09. The lowest BCUT2D eigenvalue weighted by molar-refractivity contribution is -0.384. The van der Waals surface area contributed by atoms with E-state index in [2.05, 4.69) is 5.10 Å². The average molecular weight is 383 g/mol. The fourth-order valence-electron chi connectivity index (χ4n) is 2.88. The molecule has 0 aliphatic heterocycles. The van der Waals surface area contributed by atoms with Gasteiger partial charge in [-0.2, -0.15) is 5.10 Å². The second-order valence-corrected chi connectivity index (χ2v) is 6.12. The van der Waals surface area contributed by atoms with Gasteiger partial charge in [0.15, 0.2) is 5.69 Å². The van der Waals surface area contributed by atoms with Crippen molar-refractivity contribution in [1.29, 1.82) is 0 Å². The number of nitro benzene ring substituents is 1. The van der Waals surface area contributed by atoms with Crippen LogP contribution >= 0.6 is 0 Å². The maximum atomic E-state index is 13.2. The van der Waals surface area contributed by atoms with E-state index in [9.17, 15) is 19.3 Å². The number of rotatable bonds is 6. The van der Waals surface area contributed by atoms with Gasteiger partial charge in [0.2, 0.25) is 0 Å². The maximum absolute atomic E-state index is 13.2. The van der Waals surface area contributed by atoms with Crippen LogP contribution in [-0.4, -0.2) is 27.3 Å². The number of hydrogen-bond donors (Lipinski definition) is 0. The van der Waals surface area contributed by atoms with Crippen LogP contribution in [0.15, 0.2) is 48.5 Å². The number of carbonyl (C=O) groups excluding carboxylic acids is 1. The van der Waals surface area contributed by atoms with Gasteiger partial charge in [-0.3, -0.25) is 10.1 Å². The molecule has 2 aromatic carbocycles. The summed E-state index contributed by atoms with van der Waals surface area (Å²) in [6.07, 6.45) is 0.368. The van der Waals surface area contributed by atoms with Crippen LogP contribution in [0.1, 0.15) is 34.2 Å². The molecule has 0 unspecified atom stereocenters. The highest BCUT2D eigenvalue weighted by atomic mass is 19.1. The summed E-state index contributed by atoms with van der Waals surface area (Å²) in [4.78, 5) is 22.8. The van der Waals surface area contributed by atoms with E-state index in [-0.39, 0.29) is 23.8 Å². The van der Waals surface area contributed by atoms with Crippen LogP contribution in [-0.2, 0) is 11.2 Å². The van der Waals surface area contributed by atoms with Crippen LogP contribution < -0.4 is 0 Å². The molecule has 0 aliphatic rings. The number of benzene rings is 2. The lowest BCUT2D eigenvalue weighted by Gasteiger charge is -2.06. The first-order valence-corrected chi connectivity index (χ1v) is 8.65. The summed E-state index contributed by atoms with van der Waals surface area (Å²) < 4.78 is 19.9. The van der Waals surface area contributed by atoms with Crippen molar-refractivity contribution in [3.8, 4) is 5.69 Å². The minimum Gasteiger partial charge on any atom is -0.461 e. The number of esters is 1. The third-order valence-corrected chi connectivity index (χ3v) is 4.31. The fraction of sp³-hybridized carbons (Fsp3) is 0.200. The van der Waals surface area contributed by atoms with E-state index in [4.69, 9.17) is 4.74 Å². The van der Waals surface area contributed by atoms with Crippen molar-refractivity contribution in [3.05, 3.63) is 87.0 Å². The van der Waals surface area contributed by atoms with Gasteiger partial charge in [-0.1, -0.05) is 12.1 Å². The Kier molecular flexibility index (Phi) is 5.49. The van der Waals surface area contributed by atoms with Crippen LogP contribution in [0.4, 0.5) is 10.1 Å². The van der Waals surface area contributed by atoms with Crippen molar-refractivity contribution < 1.29 is 18.8 Å². The standard InChI is InChI=1S/C20H18FN3O4/c1-3-28-20(25)19-18(12-14-4-6-15(21)7-5-14)13(2)23(22-19)16-8-10-17(11-9-16)24(26)27/h4-11H,3,12H2,1-2H3. The predicted molar refractivity (Wildman–Crippen MR) is 100 cm³/mol. The quantitative estimate of drug-likeness (QED) is 0.365. The van der Waals surface area contributed by atoms with Gasteiger partial charge >= 0.3 is 5.97 Å². The molecular weight excluding hydrogens is 365 g/mol. The second-order valence-electron chi connectivity index (χ2n) is 6.12. The molecule has 0 atom stereocenters. The van der Waals surface area contributed by atoms with Gasteiger partial charge in [-0.25, -0.2) is 13.9 Å². The molecule has 0 saturated carbocycles. The van der Waals surface area contributed by atoms with Gasteiger partial charge in [0.1, 0.15) is 5.82 Å². The van der Waals surface area contributed by atoms with Gasteiger partial charge in [-0.05, 0) is 43.7 Å². The van der Waals surface area contributed by atoms with E-state index in [0.29, 0.717) is 23.4 Å². The van der Waals surface area contributed by atoms with Crippen molar-refractivity contribution in [1.82, 2.24) is 9.78 Å². The van der Waals surface area contributed by atoms with E-state index in [1.54, 1.807) is 42.8 Å². The third kappa shape index (κ3) is 3.90. The normalized spacial score (nSPS) is 10.7. The molecule has 0 amide bonds. The third-order valence-electron chi connectivity index (χ3n) is 4.31. The molecular formula is C20H18FN3O4. The summed E-state index contributed by atoms with van der Waals surface area (Å²) in [5, 5.41) is 15.2. The molecule has 0 radical (unpaired) electrons. The van der Waals surface area contributed by atoms with E-state index >= 15 is 0 Å². The Hall–Kier alpha value is -3.55. The first kappa shape index (κ1) is 19.2. The molecule has 1 aromatic heterocycles. The molecule has 0 saturated heterocycles. The number of nitro groups is 1. The van der Waals surface area contributed by atoms with Crippen LogP contribution in [0.2, 0.25) is 0 Å². The number of non-ortho nitro benzene ring substituents is 1. The van der Waals surface area contributed by atoms with E-state index in [0.717, 1.165) is 5.56 Å². The first-order chi connectivity index (χ1) is 13.4. The summed E-state index contributed by atoms with van der Waals surface area (Å²) in [5.41, 5.74) is 2.88. The summed E-state index contributed by atoms with van der Waals surface area (Å²) in [6.45, 7) is 3.71. The summed E-state index contributed by atoms with van der Waals surface area (Å²) in [5.74, 6) is -0.893. The molecule has 144 valence electrons. The van der Waals surface area contributed by atoms with Gasteiger partial charge < -0.3 is 4.74 Å². The molecule has 7 nitrogen and oxygen atoms in total. The van der Waals surface area contributed by atoms with Crippen molar-refractivity contribution in [2.24, 2.45) is 0 Å². The largest absolute Gasteiger partial charge is 0.461 e. The highest BCUT2D eigenvalue weighted by Crippen LogP contribution is 2.24. The highest BCUT2D eigenvalue weighted by molar-refractivity contribution is 5.89. The molecule has 0 aliphatic carbocycles. The average Bonchev–Trinajstić information content (AvgIpc) is 3.00. The van der Waals surface area contributed by atoms with Crippen LogP contribution in [0.5, 0.6) is 0 Å². The molecule has 0 fully saturated rings. The minimum absolute atomic E-state index is 0.0364. The van der Waals surface area contributed by atoms with Gasteiger partial charge in [0, 0.05) is 29.8 Å². The molecule has 28 heavy (non-hydrogen) atoms. The number of hydrogen-bond acceptors (Lipinski definition) is 5. The second kappa shape index (κ2) is 7.99. The number of nitrogens with zero attached hydrogens (tertiary/aromatic N) is 3. The van der Waals surface area contributed by atoms with E-state index in [1.165, 1.54) is 24.3 Å². The van der Waals surface area contributed by atoms with Gasteiger partial charge in [-0.15, -0.1) is 0 Å². The van der Waals surface area contributed by atoms with Crippen LogP contribution in [0.3, 0.4) is 0 Å². The summed E-state index contributed by atoms with van der Waals surface area (Å²) >= 11 is 0. The zero-order valence-corrected chi connectivity index (χ0v) is 15.4. The Balaban J connectivity index is 2.05. The monoisotopic (exact) mass is 383 g/mol. The van der Waals surface area contributed by atoms with Gasteiger partial charge in [0.25, 0.3) is 5.69 Å². The fourth-order valence-corrected chi connectivity index (χ4v) is 2.88. The molecule has 3 aromatic rings. The topological polar surface area (TPSA) is 87.3 Å². The smallest absolute Gasteiger partial charge is 0.359 e. The molecule has 0 bridgehead atoms. The molecule has 0 spiro atoms. The SMILES string of the molecule is CCOC(=O)c1nn(-c2ccc([N+](=O)[O-])cc2)c(C)c1Cc1ccc(F)cc1. The lowest BCUT2D eigenvalue weighted by atomic mass is 10.0. The van der Waals surface area contributed by atoms with Crippen molar-refractivity contribution in [2.75, 3.05) is 6.61 Å². The Morgan fingerprint density at radius 2 is 1.82 bits per heavy atom. The zero-order valence-electron chi connectivity index (χ0n) is 15.4. The Morgan fingerprint density at radius 1 is 1.18 bits per heavy atom. The number of aromatic nitrogens is 2. The summed E-state index contributed by atoms with van der Waals surface area (Å²) in [7, 11) is 0. The molecule has 3 rings (SSSR count). The highest BCUT2D eigenvalue weighted by Gasteiger charge is 2.23. The van der Waals surface area contributed by atoms with Gasteiger partial charge in [0.05, 0.1) is 17.2 Å². The molecule has 0 N–H and O–H groups in total. The Morgan fingerprint density at radius 3 is 2.39 bits per heavy atom. The van der Waals surface area contributed by atoms with Crippen LogP contribution in [0.25, 0.3) is 5.69 Å². The predicted octanol–water partition coefficient (Wildman–Crippen LogP) is 4.00. The minimum atomic E-state index is -0.552. The summed E-state index contributed by atoms with van der Waals surface area (Å²) in [6, 6.07) is 11.9. The maximum Gasteiger partial charge on any atom is 0.359 e. The Labute approximate surface area is 160 Å². The Bertz CT molecular complexity index is 1010. The zero-order chi connectivity index (χ0) is 20.3. The molecule has 8 heteroatoms. The first-order valence-electron chi connectivity index (χ1n) is 8.65. The van der Waals surface area contributed by atoms with E-state index in [1.807, 2.05) is 0 Å². The molecule has 1 heterocycles. The number of carbonyl (C=O) groups is 1.